The molecular weight excluding hydrogens is 350 g/mol. The molecule has 0 atom stereocenters. The molecule has 1 heterocycles. The molecule has 0 amide bonds. The van der Waals surface area contributed by atoms with Gasteiger partial charge in [0.2, 0.25) is 15.8 Å². The lowest BCUT2D eigenvalue weighted by Gasteiger charge is -2.05. The maximum atomic E-state index is 12.0. The Hall–Kier alpha value is -1.64. The molecule has 0 aliphatic heterocycles. The molecule has 1 aromatic heterocycles. The predicted molar refractivity (Wildman–Crippen MR) is 73.8 cm³/mol. The van der Waals surface area contributed by atoms with Gasteiger partial charge in [-0.15, -0.1) is 0 Å². The minimum atomic E-state index is -3.66. The lowest BCUT2D eigenvalue weighted by Crippen LogP contribution is -2.22. The Morgan fingerprint density at radius 1 is 1.20 bits per heavy atom. The highest BCUT2D eigenvalue weighted by molar-refractivity contribution is 9.10. The van der Waals surface area contributed by atoms with E-state index in [2.05, 4.69) is 20.7 Å². The van der Waals surface area contributed by atoms with Gasteiger partial charge in [-0.3, -0.25) is 0 Å². The fraction of sp³-hybridized carbons (Fsp3) is 0.0833. The second-order valence-corrected chi connectivity index (χ2v) is 6.53. The highest BCUT2D eigenvalue weighted by Gasteiger charge is 2.15. The summed E-state index contributed by atoms with van der Waals surface area (Å²) in [5, 5.41) is 8.69. The van der Waals surface area contributed by atoms with Gasteiger partial charge in [0.1, 0.15) is 5.76 Å². The van der Waals surface area contributed by atoms with Crippen LogP contribution in [0, 0.1) is 0 Å². The second-order valence-electron chi connectivity index (χ2n) is 3.85. The number of benzene rings is 1. The van der Waals surface area contributed by atoms with Crippen LogP contribution in [0.2, 0.25) is 0 Å². The van der Waals surface area contributed by atoms with Crippen molar-refractivity contribution in [3.05, 3.63) is 52.4 Å². The molecule has 1 aromatic carbocycles. The molecule has 0 saturated heterocycles. The summed E-state index contributed by atoms with van der Waals surface area (Å²) >= 11 is 3.22. The van der Waals surface area contributed by atoms with E-state index in [0.717, 1.165) is 4.47 Å². The topological polar surface area (TPSA) is 96.6 Å². The molecule has 0 aliphatic rings. The van der Waals surface area contributed by atoms with Crippen LogP contribution in [0.15, 0.2) is 50.2 Å². The first-order chi connectivity index (χ1) is 9.38. The SMILES string of the molecule is O=C(O)c1ccc(CNS(=O)(=O)c2ccc(Br)cc2)o1. The minimum absolute atomic E-state index is 0.116. The zero-order valence-electron chi connectivity index (χ0n) is 10.0. The monoisotopic (exact) mass is 359 g/mol. The average Bonchev–Trinajstić information content (AvgIpc) is 2.86. The Labute approximate surface area is 123 Å². The van der Waals surface area contributed by atoms with Crippen LogP contribution in [0.1, 0.15) is 16.3 Å². The van der Waals surface area contributed by atoms with Crippen LogP contribution in [0.3, 0.4) is 0 Å². The van der Waals surface area contributed by atoms with Gasteiger partial charge < -0.3 is 9.52 Å². The minimum Gasteiger partial charge on any atom is -0.475 e. The number of carbonyl (C=O) groups is 1. The van der Waals surface area contributed by atoms with E-state index in [1.54, 1.807) is 12.1 Å². The molecule has 2 rings (SSSR count). The number of halogens is 1. The van der Waals surface area contributed by atoms with Crippen molar-refractivity contribution in [2.75, 3.05) is 0 Å². The molecule has 106 valence electrons. The van der Waals surface area contributed by atoms with Gasteiger partial charge in [0.25, 0.3) is 0 Å². The van der Waals surface area contributed by atoms with Crippen molar-refractivity contribution in [2.45, 2.75) is 11.4 Å². The standard InChI is InChI=1S/C12H10BrNO5S/c13-8-1-4-10(5-2-8)20(17,18)14-7-9-3-6-11(19-9)12(15)16/h1-6,14H,7H2,(H,15,16). The van der Waals surface area contributed by atoms with Crippen molar-refractivity contribution >= 4 is 31.9 Å². The van der Waals surface area contributed by atoms with E-state index < -0.39 is 16.0 Å². The van der Waals surface area contributed by atoms with Gasteiger partial charge in [0.15, 0.2) is 0 Å². The number of hydrogen-bond acceptors (Lipinski definition) is 4. The largest absolute Gasteiger partial charge is 0.475 e. The summed E-state index contributed by atoms with van der Waals surface area (Å²) in [6, 6.07) is 8.82. The summed E-state index contributed by atoms with van der Waals surface area (Å²) in [7, 11) is -3.66. The van der Waals surface area contributed by atoms with Gasteiger partial charge in [-0.05, 0) is 36.4 Å². The Balaban J connectivity index is 2.08. The Morgan fingerprint density at radius 3 is 2.40 bits per heavy atom. The molecule has 6 nitrogen and oxygen atoms in total. The van der Waals surface area contributed by atoms with Crippen LogP contribution in [0.5, 0.6) is 0 Å². The third-order valence-electron chi connectivity index (χ3n) is 2.43. The van der Waals surface area contributed by atoms with E-state index in [0.29, 0.717) is 0 Å². The van der Waals surface area contributed by atoms with Crippen molar-refractivity contribution < 1.29 is 22.7 Å². The van der Waals surface area contributed by atoms with Crippen molar-refractivity contribution in [1.82, 2.24) is 4.72 Å². The molecule has 0 saturated carbocycles. The van der Waals surface area contributed by atoms with E-state index in [4.69, 9.17) is 9.52 Å². The summed E-state index contributed by atoms with van der Waals surface area (Å²) in [5.74, 6) is -1.21. The third-order valence-corrected chi connectivity index (χ3v) is 4.38. The Bertz CT molecular complexity index is 721. The number of sulfonamides is 1. The van der Waals surface area contributed by atoms with Gasteiger partial charge in [0.05, 0.1) is 11.4 Å². The van der Waals surface area contributed by atoms with Gasteiger partial charge in [-0.2, -0.15) is 0 Å². The Kier molecular flexibility index (Phi) is 4.26. The lowest BCUT2D eigenvalue weighted by atomic mass is 10.4. The summed E-state index contributed by atoms with van der Waals surface area (Å²) in [4.78, 5) is 10.7. The van der Waals surface area contributed by atoms with Gasteiger partial charge >= 0.3 is 5.97 Å². The van der Waals surface area contributed by atoms with Crippen LogP contribution in [-0.4, -0.2) is 19.5 Å². The van der Waals surface area contributed by atoms with Gasteiger partial charge in [-0.1, -0.05) is 15.9 Å². The highest BCUT2D eigenvalue weighted by Crippen LogP contribution is 2.15. The summed E-state index contributed by atoms with van der Waals surface area (Å²) in [6.45, 7) is -0.119. The first kappa shape index (κ1) is 14.8. The second kappa shape index (κ2) is 5.78. The quantitative estimate of drug-likeness (QED) is 0.852. The van der Waals surface area contributed by atoms with E-state index in [9.17, 15) is 13.2 Å². The summed E-state index contributed by atoms with van der Waals surface area (Å²) < 4.78 is 32.0. The molecular formula is C12H10BrNO5S. The molecule has 0 aliphatic carbocycles. The normalized spacial score (nSPS) is 11.4. The summed E-state index contributed by atoms with van der Waals surface area (Å²) in [5.41, 5.74) is 0. The Morgan fingerprint density at radius 2 is 1.85 bits per heavy atom. The van der Waals surface area contributed by atoms with Crippen molar-refractivity contribution in [3.63, 3.8) is 0 Å². The molecule has 20 heavy (non-hydrogen) atoms. The maximum Gasteiger partial charge on any atom is 0.371 e. The van der Waals surface area contributed by atoms with E-state index >= 15 is 0 Å². The zero-order chi connectivity index (χ0) is 14.8. The molecule has 0 fully saturated rings. The van der Waals surface area contributed by atoms with Gasteiger partial charge in [-0.25, -0.2) is 17.9 Å². The van der Waals surface area contributed by atoms with E-state index in [-0.39, 0.29) is 23.0 Å². The molecule has 8 heteroatoms. The molecule has 2 N–H and O–H groups in total. The fourth-order valence-electron chi connectivity index (χ4n) is 1.45. The first-order valence-corrected chi connectivity index (χ1v) is 7.73. The van der Waals surface area contributed by atoms with Crippen LogP contribution in [0.4, 0.5) is 0 Å². The molecule has 0 unspecified atom stereocenters. The van der Waals surface area contributed by atoms with Crippen molar-refractivity contribution in [1.29, 1.82) is 0 Å². The molecule has 2 aromatic rings. The first-order valence-electron chi connectivity index (χ1n) is 5.46. The predicted octanol–water partition coefficient (Wildman–Crippen LogP) is 2.22. The van der Waals surface area contributed by atoms with Crippen LogP contribution in [-0.2, 0) is 16.6 Å². The lowest BCUT2D eigenvalue weighted by molar-refractivity contribution is 0.0660. The number of aromatic carboxylic acids is 1. The zero-order valence-corrected chi connectivity index (χ0v) is 12.4. The smallest absolute Gasteiger partial charge is 0.371 e. The van der Waals surface area contributed by atoms with Crippen LogP contribution in [0.25, 0.3) is 0 Å². The summed E-state index contributed by atoms with van der Waals surface area (Å²) in [6.07, 6.45) is 0. The highest BCUT2D eigenvalue weighted by atomic mass is 79.9. The number of hydrogen-bond donors (Lipinski definition) is 2. The number of nitrogens with one attached hydrogen (secondary N) is 1. The number of rotatable bonds is 5. The fourth-order valence-corrected chi connectivity index (χ4v) is 2.71. The van der Waals surface area contributed by atoms with Crippen LogP contribution < -0.4 is 4.72 Å². The van der Waals surface area contributed by atoms with Crippen LogP contribution >= 0.6 is 15.9 Å². The average molecular weight is 360 g/mol. The van der Waals surface area contributed by atoms with Gasteiger partial charge in [0, 0.05) is 4.47 Å². The third kappa shape index (κ3) is 3.47. The number of carboxylic acid groups (broad SMARTS) is 1. The molecule has 0 spiro atoms. The number of carboxylic acids is 1. The maximum absolute atomic E-state index is 12.0. The molecule has 0 bridgehead atoms. The molecule has 0 radical (unpaired) electrons. The van der Waals surface area contributed by atoms with E-state index in [1.165, 1.54) is 24.3 Å². The van der Waals surface area contributed by atoms with Crippen molar-refractivity contribution in [2.24, 2.45) is 0 Å². The van der Waals surface area contributed by atoms with Crippen molar-refractivity contribution in [3.8, 4) is 0 Å². The number of furan rings is 1. The van der Waals surface area contributed by atoms with E-state index in [1.807, 2.05) is 0 Å².